The fraction of sp³-hybridized carbons (Fsp3) is 0.273. The molecule has 1 unspecified atom stereocenters. The van der Waals surface area contributed by atoms with Gasteiger partial charge in [0.15, 0.2) is 5.82 Å². The summed E-state index contributed by atoms with van der Waals surface area (Å²) in [6.07, 6.45) is -0.486. The van der Waals surface area contributed by atoms with Crippen molar-refractivity contribution in [3.63, 3.8) is 0 Å². The van der Waals surface area contributed by atoms with Crippen LogP contribution < -0.4 is 0 Å². The zero-order valence-corrected chi connectivity index (χ0v) is 9.72. The van der Waals surface area contributed by atoms with Crippen molar-refractivity contribution in [1.82, 2.24) is 20.2 Å². The van der Waals surface area contributed by atoms with Crippen LogP contribution in [0.5, 0.6) is 0 Å². The number of tetrazole rings is 1. The molecule has 0 saturated carbocycles. The van der Waals surface area contributed by atoms with Gasteiger partial charge < -0.3 is 9.84 Å². The van der Waals surface area contributed by atoms with Crippen LogP contribution in [0.3, 0.4) is 0 Å². The predicted octanol–water partition coefficient (Wildman–Crippen LogP) is 0.493. The summed E-state index contributed by atoms with van der Waals surface area (Å²) in [5, 5.41) is 19.7. The van der Waals surface area contributed by atoms with Gasteiger partial charge in [-0.2, -0.15) is 0 Å². The van der Waals surface area contributed by atoms with Crippen LogP contribution in [-0.2, 0) is 16.1 Å². The normalized spacial score (nSPS) is 12.3. The van der Waals surface area contributed by atoms with E-state index in [9.17, 15) is 4.79 Å². The molecular weight excluding hydrogens is 236 g/mol. The summed E-state index contributed by atoms with van der Waals surface area (Å²) >= 11 is 0. The molecule has 2 rings (SSSR count). The molecule has 1 heterocycles. The molecule has 7 heteroatoms. The van der Waals surface area contributed by atoms with Crippen molar-refractivity contribution < 1.29 is 14.6 Å². The van der Waals surface area contributed by atoms with E-state index in [1.165, 1.54) is 11.8 Å². The second-order valence-electron chi connectivity index (χ2n) is 3.61. The smallest absolute Gasteiger partial charge is 0.325 e. The molecule has 0 aliphatic rings. The molecular formula is C11H12N4O3. The number of carbonyl (C=O) groups is 1. The number of aromatic nitrogens is 4. The molecule has 0 radical (unpaired) electrons. The van der Waals surface area contributed by atoms with Gasteiger partial charge in [0.25, 0.3) is 0 Å². The number of ether oxygens (including phenoxy) is 1. The molecule has 0 saturated heterocycles. The summed E-state index contributed by atoms with van der Waals surface area (Å²) in [5.74, 6) is -0.641. The molecule has 0 amide bonds. The van der Waals surface area contributed by atoms with Crippen LogP contribution >= 0.6 is 0 Å². The molecule has 1 N–H and O–H groups in total. The SMILES string of the molecule is COC(c1ccccc1)c1nnnn1CC(=O)O. The number of rotatable bonds is 5. The van der Waals surface area contributed by atoms with E-state index in [0.717, 1.165) is 5.56 Å². The summed E-state index contributed by atoms with van der Waals surface area (Å²) in [4.78, 5) is 10.7. The molecule has 0 aliphatic heterocycles. The predicted molar refractivity (Wildman–Crippen MR) is 60.7 cm³/mol. The second-order valence-corrected chi connectivity index (χ2v) is 3.61. The maximum Gasteiger partial charge on any atom is 0.325 e. The lowest BCUT2D eigenvalue weighted by Crippen LogP contribution is -2.17. The minimum absolute atomic E-state index is 0.297. The lowest BCUT2D eigenvalue weighted by atomic mass is 10.1. The molecule has 94 valence electrons. The summed E-state index contributed by atoms with van der Waals surface area (Å²) in [6, 6.07) is 9.36. The maximum atomic E-state index is 10.7. The number of carboxylic acid groups (broad SMARTS) is 1. The van der Waals surface area contributed by atoms with Crippen LogP contribution in [-0.4, -0.2) is 38.4 Å². The van der Waals surface area contributed by atoms with Crippen LogP contribution in [0.25, 0.3) is 0 Å². The van der Waals surface area contributed by atoms with Gasteiger partial charge in [-0.25, -0.2) is 4.68 Å². The zero-order valence-electron chi connectivity index (χ0n) is 9.72. The molecule has 1 atom stereocenters. The highest BCUT2D eigenvalue weighted by Crippen LogP contribution is 2.22. The largest absolute Gasteiger partial charge is 0.480 e. The lowest BCUT2D eigenvalue weighted by Gasteiger charge is -2.14. The standard InChI is InChI=1S/C11H12N4O3/c1-18-10(8-5-3-2-4-6-8)11-12-13-14-15(11)7-9(16)17/h2-6,10H,7H2,1H3,(H,16,17). The minimum Gasteiger partial charge on any atom is -0.480 e. The Morgan fingerprint density at radius 1 is 1.44 bits per heavy atom. The Morgan fingerprint density at radius 2 is 2.17 bits per heavy atom. The van der Waals surface area contributed by atoms with Crippen molar-refractivity contribution in [2.45, 2.75) is 12.6 Å². The van der Waals surface area contributed by atoms with E-state index < -0.39 is 12.1 Å². The maximum absolute atomic E-state index is 10.7. The van der Waals surface area contributed by atoms with E-state index >= 15 is 0 Å². The van der Waals surface area contributed by atoms with E-state index in [1.54, 1.807) is 0 Å². The summed E-state index contributed by atoms with van der Waals surface area (Å²) < 4.78 is 6.56. The van der Waals surface area contributed by atoms with Crippen LogP contribution in [0, 0.1) is 0 Å². The number of nitrogens with zero attached hydrogens (tertiary/aromatic N) is 4. The first-order chi connectivity index (χ1) is 8.72. The van der Waals surface area contributed by atoms with E-state index in [0.29, 0.717) is 5.82 Å². The quantitative estimate of drug-likeness (QED) is 0.828. The van der Waals surface area contributed by atoms with Crippen molar-refractivity contribution in [1.29, 1.82) is 0 Å². The van der Waals surface area contributed by atoms with Crippen molar-refractivity contribution in [3.05, 3.63) is 41.7 Å². The Hall–Kier alpha value is -2.28. The summed E-state index contributed by atoms with van der Waals surface area (Å²) in [6.45, 7) is -0.297. The van der Waals surface area contributed by atoms with Crippen molar-refractivity contribution in [3.8, 4) is 0 Å². The number of hydrogen-bond acceptors (Lipinski definition) is 5. The van der Waals surface area contributed by atoms with Gasteiger partial charge in [0.05, 0.1) is 0 Å². The summed E-state index contributed by atoms with van der Waals surface area (Å²) in [5.41, 5.74) is 0.862. The third-order valence-electron chi connectivity index (χ3n) is 2.42. The molecule has 2 aromatic rings. The van der Waals surface area contributed by atoms with Crippen LogP contribution in [0.2, 0.25) is 0 Å². The molecule has 0 spiro atoms. The molecule has 1 aromatic carbocycles. The first-order valence-electron chi connectivity index (χ1n) is 5.28. The Labute approximate surface area is 103 Å². The third-order valence-corrected chi connectivity index (χ3v) is 2.42. The van der Waals surface area contributed by atoms with Crippen LogP contribution in [0.1, 0.15) is 17.5 Å². The Kier molecular flexibility index (Phi) is 3.63. The van der Waals surface area contributed by atoms with E-state index in [1.807, 2.05) is 30.3 Å². The van der Waals surface area contributed by atoms with Gasteiger partial charge in [-0.3, -0.25) is 4.79 Å². The molecule has 0 fully saturated rings. The highest BCUT2D eigenvalue weighted by Gasteiger charge is 2.21. The van der Waals surface area contributed by atoms with E-state index in [-0.39, 0.29) is 6.54 Å². The van der Waals surface area contributed by atoms with Crippen molar-refractivity contribution in [2.24, 2.45) is 0 Å². The Balaban J connectivity index is 2.34. The van der Waals surface area contributed by atoms with Gasteiger partial charge >= 0.3 is 5.97 Å². The Morgan fingerprint density at radius 3 is 2.78 bits per heavy atom. The Bertz CT molecular complexity index is 526. The highest BCUT2D eigenvalue weighted by molar-refractivity contribution is 5.66. The average molecular weight is 248 g/mol. The lowest BCUT2D eigenvalue weighted by molar-refractivity contribution is -0.138. The van der Waals surface area contributed by atoms with E-state index in [2.05, 4.69) is 15.5 Å². The number of methoxy groups -OCH3 is 1. The van der Waals surface area contributed by atoms with Crippen molar-refractivity contribution in [2.75, 3.05) is 7.11 Å². The number of aliphatic carboxylic acids is 1. The van der Waals surface area contributed by atoms with Gasteiger partial charge in [-0.05, 0) is 16.0 Å². The van der Waals surface area contributed by atoms with Gasteiger partial charge in [0, 0.05) is 7.11 Å². The molecule has 0 aliphatic carbocycles. The summed E-state index contributed by atoms with van der Waals surface area (Å²) in [7, 11) is 1.53. The van der Waals surface area contributed by atoms with Gasteiger partial charge in [0.1, 0.15) is 12.6 Å². The second kappa shape index (κ2) is 5.37. The fourth-order valence-corrected chi connectivity index (χ4v) is 1.66. The van der Waals surface area contributed by atoms with Crippen molar-refractivity contribution >= 4 is 5.97 Å². The number of hydrogen-bond donors (Lipinski definition) is 1. The average Bonchev–Trinajstić information content (AvgIpc) is 2.79. The first kappa shape index (κ1) is 12.2. The van der Waals surface area contributed by atoms with Gasteiger partial charge in [0.2, 0.25) is 0 Å². The fourth-order valence-electron chi connectivity index (χ4n) is 1.66. The third kappa shape index (κ3) is 2.51. The molecule has 0 bridgehead atoms. The first-order valence-corrected chi connectivity index (χ1v) is 5.28. The van der Waals surface area contributed by atoms with Crippen LogP contribution in [0.4, 0.5) is 0 Å². The monoisotopic (exact) mass is 248 g/mol. The van der Waals surface area contributed by atoms with E-state index in [4.69, 9.17) is 9.84 Å². The molecule has 1 aromatic heterocycles. The van der Waals surface area contributed by atoms with Crippen LogP contribution in [0.15, 0.2) is 30.3 Å². The molecule has 7 nitrogen and oxygen atoms in total. The zero-order chi connectivity index (χ0) is 13.0. The minimum atomic E-state index is -1.01. The topological polar surface area (TPSA) is 90.1 Å². The van der Waals surface area contributed by atoms with Gasteiger partial charge in [-0.1, -0.05) is 30.3 Å². The van der Waals surface area contributed by atoms with Gasteiger partial charge in [-0.15, -0.1) is 5.10 Å². The molecule has 18 heavy (non-hydrogen) atoms. The number of benzene rings is 1. The number of carboxylic acids is 1. The highest BCUT2D eigenvalue weighted by atomic mass is 16.5.